The normalized spacial score (nSPS) is 28.7. The number of rotatable bonds is 5. The highest BCUT2D eigenvalue weighted by Crippen LogP contribution is 2.77. The number of nitrogens with zero attached hydrogens (tertiary/aromatic N) is 3. The Balaban J connectivity index is 1.39. The van der Waals surface area contributed by atoms with Crippen LogP contribution in [0.2, 0.25) is 0 Å². The van der Waals surface area contributed by atoms with Gasteiger partial charge in [0.15, 0.2) is 0 Å². The molecule has 0 saturated carbocycles. The average molecular weight is 511 g/mol. The van der Waals surface area contributed by atoms with E-state index in [1.165, 1.54) is 12.1 Å². The van der Waals surface area contributed by atoms with E-state index in [9.17, 15) is 13.8 Å². The highest BCUT2D eigenvalue weighted by Gasteiger charge is 2.76. The van der Waals surface area contributed by atoms with Crippen molar-refractivity contribution >= 4 is 19.8 Å². The molecule has 3 aromatic rings. The summed E-state index contributed by atoms with van der Waals surface area (Å²) < 4.78 is 50.2. The Kier molecular flexibility index (Phi) is 5.21. The topological polar surface area (TPSA) is 92.1 Å². The van der Waals surface area contributed by atoms with Gasteiger partial charge in [0.05, 0.1) is 43.0 Å². The average Bonchev–Trinajstić information content (AvgIpc) is 3.49. The lowest BCUT2D eigenvalue weighted by Gasteiger charge is -2.45. The van der Waals surface area contributed by atoms with Crippen LogP contribution in [0.15, 0.2) is 60.6 Å². The molecule has 4 fully saturated rings. The number of phosphoric acid groups is 1. The lowest BCUT2D eigenvalue weighted by molar-refractivity contribution is -0.179. The first-order valence-electron chi connectivity index (χ1n) is 11.4. The Hall–Kier alpha value is -3.30. The molecule has 1 aromatic heterocycles. The van der Waals surface area contributed by atoms with E-state index in [1.807, 2.05) is 36.7 Å². The number of carbonyl (C=O) groups excluding carboxylic acids is 1. The van der Waals surface area contributed by atoms with E-state index >= 15 is 0 Å². The second-order valence-electron chi connectivity index (χ2n) is 8.99. The van der Waals surface area contributed by atoms with Crippen LogP contribution in [0.1, 0.15) is 29.8 Å². The van der Waals surface area contributed by atoms with Crippen molar-refractivity contribution in [1.29, 1.82) is 0 Å². The number of phosphoric ester groups is 1. The van der Waals surface area contributed by atoms with Gasteiger partial charge in [-0.3, -0.25) is 9.32 Å². The summed E-state index contributed by atoms with van der Waals surface area (Å²) >= 11 is 0. The molecule has 11 heteroatoms. The zero-order valence-corrected chi connectivity index (χ0v) is 20.6. The van der Waals surface area contributed by atoms with Gasteiger partial charge in [-0.15, -0.1) is 0 Å². The van der Waals surface area contributed by atoms with Crippen LogP contribution in [0.3, 0.4) is 0 Å². The number of halogens is 1. The van der Waals surface area contributed by atoms with Gasteiger partial charge in [-0.2, -0.15) is 0 Å². The number of hydrogen-bond donors (Lipinski definition) is 0. The van der Waals surface area contributed by atoms with Gasteiger partial charge >= 0.3 is 7.82 Å². The maximum absolute atomic E-state index is 13.8. The van der Waals surface area contributed by atoms with Crippen LogP contribution in [-0.2, 0) is 22.9 Å². The van der Waals surface area contributed by atoms with Crippen molar-refractivity contribution < 1.29 is 32.1 Å². The van der Waals surface area contributed by atoms with Gasteiger partial charge in [-0.25, -0.2) is 23.0 Å². The quantitative estimate of drug-likeness (QED) is 0.366. The summed E-state index contributed by atoms with van der Waals surface area (Å²) in [6.45, 7) is 3.85. The molecule has 1 spiro atoms. The minimum Gasteiger partial charge on any atom is -0.495 e. The standard InChI is InChI=1S/C25H23FN3O6P/c1-15-12-28(14-27-15)21-9-4-17(11-22(21)32-3)10-20-24(30)29(16(2)18-5-7-19(26)8-6-18)13-23-25(20)34-36(31,33-23)35-25/h4-12,14,16,23H,13H2,1-3H3/b20-10-/t16-,23?,25?,36?/m0/s1. The first-order chi connectivity index (χ1) is 17.2. The number of carbonyl (C=O) groups is 1. The Bertz CT molecular complexity index is 1440. The minimum absolute atomic E-state index is 0.112. The van der Waals surface area contributed by atoms with Crippen LogP contribution in [0, 0.1) is 12.7 Å². The van der Waals surface area contributed by atoms with Gasteiger partial charge in [-0.1, -0.05) is 18.2 Å². The minimum atomic E-state index is -3.68. The number of hydrogen-bond acceptors (Lipinski definition) is 7. The van der Waals surface area contributed by atoms with E-state index in [0.29, 0.717) is 11.3 Å². The number of likely N-dealkylation sites (tertiary alicyclic amines) is 1. The molecule has 7 rings (SSSR count). The van der Waals surface area contributed by atoms with Gasteiger partial charge in [0, 0.05) is 6.20 Å². The van der Waals surface area contributed by atoms with Gasteiger partial charge in [0.25, 0.3) is 11.7 Å². The van der Waals surface area contributed by atoms with Crippen LogP contribution in [0.25, 0.3) is 11.8 Å². The third-order valence-corrected chi connectivity index (χ3v) is 8.23. The number of aromatic nitrogens is 2. The highest BCUT2D eigenvalue weighted by atomic mass is 31.2. The van der Waals surface area contributed by atoms with Crippen LogP contribution in [-0.4, -0.2) is 45.9 Å². The summed E-state index contributed by atoms with van der Waals surface area (Å²) in [5, 5.41) is 0. The molecule has 1 unspecified atom stereocenters. The van der Waals surface area contributed by atoms with Crippen LogP contribution in [0.5, 0.6) is 5.75 Å². The molecule has 0 aliphatic carbocycles. The Labute approximate surface area is 206 Å². The molecule has 2 aromatic carbocycles. The third kappa shape index (κ3) is 3.52. The molecular weight excluding hydrogens is 488 g/mol. The molecule has 2 bridgehead atoms. The van der Waals surface area contributed by atoms with E-state index in [2.05, 4.69) is 4.98 Å². The zero-order chi connectivity index (χ0) is 25.2. The maximum atomic E-state index is 13.8. The summed E-state index contributed by atoms with van der Waals surface area (Å²) in [5.41, 5.74) is 3.22. The number of imidazole rings is 1. The molecule has 2 atom stereocenters. The van der Waals surface area contributed by atoms with Crippen molar-refractivity contribution in [2.24, 2.45) is 0 Å². The Morgan fingerprint density at radius 2 is 2.00 bits per heavy atom. The molecule has 4 aliphatic rings. The SMILES string of the molecule is COc1cc(/C=C2/C(=O)N([C@@H](C)c3ccc(F)cc3)CC3OP4(=O)OC23O4)ccc1-n1cnc(C)c1. The fourth-order valence-electron chi connectivity index (χ4n) is 4.85. The summed E-state index contributed by atoms with van der Waals surface area (Å²) in [7, 11) is -2.12. The summed E-state index contributed by atoms with van der Waals surface area (Å²) in [5.74, 6) is -1.68. The van der Waals surface area contributed by atoms with Crippen molar-refractivity contribution in [3.63, 3.8) is 0 Å². The second-order valence-corrected chi connectivity index (χ2v) is 10.5. The van der Waals surface area contributed by atoms with Crippen molar-refractivity contribution in [1.82, 2.24) is 14.5 Å². The van der Waals surface area contributed by atoms with Gasteiger partial charge in [0.2, 0.25) is 0 Å². The summed E-state index contributed by atoms with van der Waals surface area (Å²) in [6, 6.07) is 11.0. The predicted octanol–water partition coefficient (Wildman–Crippen LogP) is 4.57. The summed E-state index contributed by atoms with van der Waals surface area (Å²) in [4.78, 5) is 19.6. The predicted molar refractivity (Wildman–Crippen MR) is 127 cm³/mol. The molecule has 9 nitrogen and oxygen atoms in total. The van der Waals surface area contributed by atoms with E-state index in [4.69, 9.17) is 18.3 Å². The van der Waals surface area contributed by atoms with Crippen molar-refractivity contribution in [3.05, 3.63) is 83.2 Å². The molecule has 0 N–H and O–H groups in total. The van der Waals surface area contributed by atoms with Crippen molar-refractivity contribution in [2.75, 3.05) is 13.7 Å². The Morgan fingerprint density at radius 1 is 1.25 bits per heavy atom. The lowest BCUT2D eigenvalue weighted by atomic mass is 9.90. The van der Waals surface area contributed by atoms with Crippen molar-refractivity contribution in [3.8, 4) is 11.4 Å². The first kappa shape index (κ1) is 23.1. The van der Waals surface area contributed by atoms with Gasteiger partial charge in [-0.05, 0) is 55.3 Å². The molecule has 4 aliphatic heterocycles. The third-order valence-electron chi connectivity index (χ3n) is 6.73. The molecule has 186 valence electrons. The highest BCUT2D eigenvalue weighted by molar-refractivity contribution is 7.50. The fourth-order valence-corrected chi connectivity index (χ4v) is 6.56. The Morgan fingerprint density at radius 3 is 2.67 bits per heavy atom. The summed E-state index contributed by atoms with van der Waals surface area (Å²) in [6.07, 6.45) is 4.45. The number of aryl methyl sites for hydroxylation is 1. The fraction of sp³-hybridized carbons (Fsp3) is 0.280. The number of ether oxygens (including phenoxy) is 1. The molecule has 36 heavy (non-hydrogen) atoms. The smallest absolute Gasteiger partial charge is 0.481 e. The lowest BCUT2D eigenvalue weighted by Crippen LogP contribution is -2.60. The van der Waals surface area contributed by atoms with Crippen LogP contribution < -0.4 is 4.74 Å². The van der Waals surface area contributed by atoms with E-state index < -0.39 is 25.8 Å². The van der Waals surface area contributed by atoms with E-state index in [1.54, 1.807) is 42.6 Å². The van der Waals surface area contributed by atoms with E-state index in [0.717, 1.165) is 16.9 Å². The second kappa shape index (κ2) is 8.11. The molecule has 5 heterocycles. The van der Waals surface area contributed by atoms with Crippen molar-refractivity contribution in [2.45, 2.75) is 31.8 Å². The largest absolute Gasteiger partial charge is 0.495 e. The van der Waals surface area contributed by atoms with E-state index in [-0.39, 0.29) is 23.8 Å². The number of piperidine rings is 1. The van der Waals surface area contributed by atoms with Crippen LogP contribution in [0.4, 0.5) is 4.39 Å². The monoisotopic (exact) mass is 511 g/mol. The van der Waals surface area contributed by atoms with Crippen LogP contribution >= 0.6 is 7.82 Å². The molecular formula is C25H23FN3O6P. The van der Waals surface area contributed by atoms with Gasteiger partial charge in [0.1, 0.15) is 17.7 Å². The molecule has 4 saturated heterocycles. The van der Waals surface area contributed by atoms with Gasteiger partial charge < -0.3 is 14.2 Å². The number of amides is 1. The maximum Gasteiger partial charge on any atom is 0.481 e. The number of methoxy groups -OCH3 is 1. The first-order valence-corrected chi connectivity index (χ1v) is 12.8. The zero-order valence-electron chi connectivity index (χ0n) is 19.8. The number of benzene rings is 2. The molecule has 0 radical (unpaired) electrons. The molecule has 1 amide bonds.